The van der Waals surface area contributed by atoms with Crippen LogP contribution in [0.15, 0.2) is 18.3 Å². The first kappa shape index (κ1) is 19.3. The van der Waals surface area contributed by atoms with Gasteiger partial charge in [-0.2, -0.15) is 0 Å². The van der Waals surface area contributed by atoms with Crippen LogP contribution in [-0.2, 0) is 23.1 Å². The van der Waals surface area contributed by atoms with E-state index < -0.39 is 25.0 Å². The summed E-state index contributed by atoms with van der Waals surface area (Å²) in [4.78, 5) is 29.6. The van der Waals surface area contributed by atoms with Crippen molar-refractivity contribution in [2.24, 2.45) is 18.8 Å². The van der Waals surface area contributed by atoms with E-state index >= 15 is 0 Å². The van der Waals surface area contributed by atoms with Crippen LogP contribution >= 0.6 is 0 Å². The Kier molecular flexibility index (Phi) is 5.96. The number of aromatic nitrogens is 4. The van der Waals surface area contributed by atoms with Gasteiger partial charge in [-0.25, -0.2) is 9.48 Å². The summed E-state index contributed by atoms with van der Waals surface area (Å²) in [5.74, 6) is -0.273. The molecule has 2 aliphatic carbocycles. The lowest BCUT2D eigenvalue weighted by Gasteiger charge is -2.29. The molecule has 0 aromatic carbocycles. The van der Waals surface area contributed by atoms with Gasteiger partial charge < -0.3 is 19.5 Å². The van der Waals surface area contributed by atoms with Crippen LogP contribution in [0.2, 0.25) is 0 Å². The van der Waals surface area contributed by atoms with Crippen LogP contribution in [0.1, 0.15) is 54.8 Å². The highest BCUT2D eigenvalue weighted by Gasteiger charge is 2.28. The van der Waals surface area contributed by atoms with Crippen molar-refractivity contribution < 1.29 is 28.3 Å². The Morgan fingerprint density at radius 3 is 2.76 bits per heavy atom. The average molecular weight is 461 g/mol. The lowest BCUT2D eigenvalue weighted by Crippen LogP contribution is -2.34. The number of amides is 1. The maximum atomic E-state index is 12.5. The Bertz CT molecular complexity index is 1070. The Morgan fingerprint density at radius 1 is 1.27 bits per heavy atom. The van der Waals surface area contributed by atoms with Crippen molar-refractivity contribution in [3.05, 3.63) is 24.0 Å². The molecule has 0 saturated heterocycles. The topological polar surface area (TPSA) is 120 Å². The Hall–Kier alpha value is -3.17. The normalized spacial score (nSPS) is 22.4. The van der Waals surface area contributed by atoms with E-state index in [0.29, 0.717) is 36.7 Å². The maximum absolute atomic E-state index is 12.5. The Balaban J connectivity index is 1.45. The summed E-state index contributed by atoms with van der Waals surface area (Å²) in [6.07, 6.45) is 6.70. The molecule has 2 atom stereocenters. The van der Waals surface area contributed by atoms with Crippen LogP contribution in [0.4, 0.5) is 4.79 Å². The quantitative estimate of drug-likeness (QED) is 0.637. The Labute approximate surface area is 197 Å². The van der Waals surface area contributed by atoms with Gasteiger partial charge in [0, 0.05) is 24.7 Å². The van der Waals surface area contributed by atoms with Crippen LogP contribution in [0.5, 0.6) is 5.75 Å². The summed E-state index contributed by atoms with van der Waals surface area (Å²) in [6, 6.07) is 3.29. The molecule has 0 radical (unpaired) electrons. The third-order valence-corrected chi connectivity index (χ3v) is 6.42. The van der Waals surface area contributed by atoms with E-state index in [1.807, 2.05) is 0 Å². The zero-order chi connectivity index (χ0) is 25.9. The summed E-state index contributed by atoms with van der Waals surface area (Å²) in [6.45, 7) is -2.34. The van der Waals surface area contributed by atoms with E-state index in [1.54, 1.807) is 19.2 Å². The van der Waals surface area contributed by atoms with Crippen molar-refractivity contribution in [1.82, 2.24) is 24.9 Å². The number of pyridine rings is 1. The summed E-state index contributed by atoms with van der Waals surface area (Å²) in [5.41, 5.74) is 0.646. The lowest BCUT2D eigenvalue weighted by molar-refractivity contribution is -0.143. The molecule has 2 aromatic rings. The molecule has 33 heavy (non-hydrogen) atoms. The summed E-state index contributed by atoms with van der Waals surface area (Å²) < 4.78 is 35.4. The Morgan fingerprint density at radius 2 is 2.09 bits per heavy atom. The summed E-state index contributed by atoms with van der Waals surface area (Å²) in [5, 5.41) is 17.0. The number of ether oxygens (including phenoxy) is 2. The van der Waals surface area contributed by atoms with E-state index in [0.717, 1.165) is 30.4 Å². The number of nitrogens with zero attached hydrogens (tertiary/aromatic N) is 5. The van der Waals surface area contributed by atoms with Gasteiger partial charge in [0.25, 0.3) is 0 Å². The molecule has 2 fully saturated rings. The minimum Gasteiger partial charge on any atom is -0.489 e. The van der Waals surface area contributed by atoms with Crippen LogP contribution in [0.25, 0.3) is 11.4 Å². The van der Waals surface area contributed by atoms with E-state index in [1.165, 1.54) is 17.5 Å². The van der Waals surface area contributed by atoms with Gasteiger partial charge in [-0.1, -0.05) is 11.6 Å². The van der Waals surface area contributed by atoms with Crippen LogP contribution < -0.4 is 4.74 Å². The molecule has 10 heteroatoms. The molecule has 2 heterocycles. The van der Waals surface area contributed by atoms with Crippen molar-refractivity contribution in [2.75, 3.05) is 13.6 Å². The number of aliphatic carboxylic acids is 1. The standard InChI is InChI=1S/C23H31N5O5/c1-27(13-15-5-3-6-15)23(31)32-14-20-21(25-26-28(20)2)19-10-9-18(12-24-19)33-17-8-4-7-16(11-17)22(29)30/h9-10,12,15-17H,3-8,11,13-14H2,1-2H3,(H,29,30)/t16-,17-/m0/s1/i2D3. The predicted molar refractivity (Wildman–Crippen MR) is 118 cm³/mol. The van der Waals surface area contributed by atoms with Gasteiger partial charge in [0.15, 0.2) is 0 Å². The highest BCUT2D eigenvalue weighted by atomic mass is 16.6. The highest BCUT2D eigenvalue weighted by molar-refractivity contribution is 5.70. The molecule has 0 unspecified atom stereocenters. The fraction of sp³-hybridized carbons (Fsp3) is 0.609. The van der Waals surface area contributed by atoms with E-state index in [9.17, 15) is 14.7 Å². The number of hydrogen-bond acceptors (Lipinski definition) is 7. The van der Waals surface area contributed by atoms with Crippen molar-refractivity contribution in [2.45, 2.75) is 57.7 Å². The number of carboxylic acid groups (broad SMARTS) is 1. The summed E-state index contributed by atoms with van der Waals surface area (Å²) >= 11 is 0. The molecule has 10 nitrogen and oxygen atoms in total. The zero-order valence-electron chi connectivity index (χ0n) is 21.6. The number of carbonyl (C=O) groups excluding carboxylic acids is 1. The number of aryl methyl sites for hydroxylation is 1. The third kappa shape index (κ3) is 5.61. The molecule has 1 amide bonds. The molecular formula is C23H31N5O5. The maximum Gasteiger partial charge on any atom is 0.409 e. The van der Waals surface area contributed by atoms with Crippen LogP contribution in [0.3, 0.4) is 0 Å². The van der Waals surface area contributed by atoms with Gasteiger partial charge in [0.05, 0.1) is 23.9 Å². The molecule has 4 rings (SSSR count). The minimum absolute atomic E-state index is 0.109. The van der Waals surface area contributed by atoms with Gasteiger partial charge in [0.2, 0.25) is 0 Å². The van der Waals surface area contributed by atoms with Crippen molar-refractivity contribution in [3.63, 3.8) is 0 Å². The highest BCUT2D eigenvalue weighted by Crippen LogP contribution is 2.29. The smallest absolute Gasteiger partial charge is 0.409 e. The number of carboxylic acids is 1. The van der Waals surface area contributed by atoms with Gasteiger partial charge >= 0.3 is 12.1 Å². The van der Waals surface area contributed by atoms with Crippen molar-refractivity contribution in [1.29, 1.82) is 0 Å². The molecule has 0 spiro atoms. The van der Waals surface area contributed by atoms with Crippen LogP contribution in [-0.4, -0.2) is 61.7 Å². The monoisotopic (exact) mass is 460 g/mol. The molecule has 178 valence electrons. The number of carbonyl (C=O) groups is 2. The summed E-state index contributed by atoms with van der Waals surface area (Å²) in [7, 11) is 1.66. The first-order valence-corrected chi connectivity index (χ1v) is 11.3. The van der Waals surface area contributed by atoms with E-state index in [4.69, 9.17) is 13.6 Å². The molecule has 2 saturated carbocycles. The van der Waals surface area contributed by atoms with Crippen molar-refractivity contribution in [3.8, 4) is 17.1 Å². The fourth-order valence-corrected chi connectivity index (χ4v) is 4.27. The fourth-order valence-electron chi connectivity index (χ4n) is 4.27. The van der Waals surface area contributed by atoms with Gasteiger partial charge in [0.1, 0.15) is 23.7 Å². The molecule has 2 aliphatic rings. The largest absolute Gasteiger partial charge is 0.489 e. The first-order chi connectivity index (χ1) is 17.1. The number of hydrogen-bond donors (Lipinski definition) is 1. The SMILES string of the molecule is [2H]C([2H])([2H])n1nnc(-c2ccc(O[C@H]3CCC[C@H](C(=O)O)C3)cn2)c1COC(=O)N(C)CC1CCC1. The zero-order valence-corrected chi connectivity index (χ0v) is 18.6. The second kappa shape index (κ2) is 10.2. The second-order valence-electron chi connectivity index (χ2n) is 8.85. The predicted octanol–water partition coefficient (Wildman–Crippen LogP) is 3.27. The van der Waals surface area contributed by atoms with Gasteiger partial charge in [-0.05, 0) is 56.6 Å². The molecule has 0 bridgehead atoms. The lowest BCUT2D eigenvalue weighted by atomic mass is 9.85. The molecule has 1 N–H and O–H groups in total. The average Bonchev–Trinajstić information content (AvgIpc) is 3.25. The molecular weight excluding hydrogens is 426 g/mol. The van der Waals surface area contributed by atoms with E-state index in [2.05, 4.69) is 15.3 Å². The van der Waals surface area contributed by atoms with Crippen molar-refractivity contribution >= 4 is 12.1 Å². The minimum atomic E-state index is -2.62. The third-order valence-electron chi connectivity index (χ3n) is 6.42. The van der Waals surface area contributed by atoms with E-state index in [-0.39, 0.29) is 24.1 Å². The second-order valence-corrected chi connectivity index (χ2v) is 8.85. The van der Waals surface area contributed by atoms with Crippen LogP contribution in [0, 0.1) is 11.8 Å². The molecule has 2 aromatic heterocycles. The first-order valence-electron chi connectivity index (χ1n) is 12.8. The number of rotatable bonds is 8. The molecule has 0 aliphatic heterocycles. The van der Waals surface area contributed by atoms with Gasteiger partial charge in [-0.3, -0.25) is 9.78 Å². The van der Waals surface area contributed by atoms with Gasteiger partial charge in [-0.15, -0.1) is 5.10 Å².